The molecule has 2 heterocycles. The highest BCUT2D eigenvalue weighted by Gasteiger charge is 2.28. The van der Waals surface area contributed by atoms with Crippen molar-refractivity contribution in [2.45, 2.75) is 17.4 Å². The molecule has 1 aliphatic rings. The minimum Gasteiger partial charge on any atom is -0.493 e. The van der Waals surface area contributed by atoms with Crippen molar-refractivity contribution < 1.29 is 17.9 Å². The van der Waals surface area contributed by atoms with Crippen molar-refractivity contribution in [3.63, 3.8) is 0 Å². The zero-order valence-electron chi connectivity index (χ0n) is 15.8. The molecule has 1 unspecified atom stereocenters. The van der Waals surface area contributed by atoms with Gasteiger partial charge in [-0.2, -0.15) is 0 Å². The highest BCUT2D eigenvalue weighted by Crippen LogP contribution is 2.31. The maximum Gasteiger partial charge on any atom is 0.240 e. The molecule has 9 heteroatoms. The van der Waals surface area contributed by atoms with Gasteiger partial charge in [-0.15, -0.1) is 11.3 Å². The van der Waals surface area contributed by atoms with Crippen LogP contribution in [0.4, 0.5) is 5.13 Å². The van der Waals surface area contributed by atoms with E-state index in [-0.39, 0.29) is 10.9 Å². The first kappa shape index (κ1) is 19.7. The number of sulfonamides is 1. The zero-order valence-corrected chi connectivity index (χ0v) is 17.4. The summed E-state index contributed by atoms with van der Waals surface area (Å²) in [4.78, 5) is 6.59. The molecule has 0 spiro atoms. The molecule has 3 aromatic rings. The molecule has 7 nitrogen and oxygen atoms in total. The first-order valence-corrected chi connectivity index (χ1v) is 11.5. The molecule has 1 aromatic heterocycles. The van der Waals surface area contributed by atoms with Crippen LogP contribution in [0, 0.1) is 0 Å². The second kappa shape index (κ2) is 8.40. The summed E-state index contributed by atoms with van der Waals surface area (Å²) >= 11 is 1.56. The third-order valence-corrected chi connectivity index (χ3v) is 7.00. The number of hydrogen-bond donors (Lipinski definition) is 1. The lowest BCUT2D eigenvalue weighted by Crippen LogP contribution is -2.37. The van der Waals surface area contributed by atoms with E-state index in [1.807, 2.05) is 17.5 Å². The lowest BCUT2D eigenvalue weighted by Gasteiger charge is -2.16. The van der Waals surface area contributed by atoms with Gasteiger partial charge in [0.15, 0.2) is 16.6 Å². The fourth-order valence-electron chi connectivity index (χ4n) is 3.21. The first-order chi connectivity index (χ1) is 14.0. The van der Waals surface area contributed by atoms with Crippen LogP contribution in [0.15, 0.2) is 65.0 Å². The van der Waals surface area contributed by atoms with E-state index in [0.717, 1.165) is 18.1 Å². The molecule has 1 atom stereocenters. The molecule has 0 bridgehead atoms. The van der Waals surface area contributed by atoms with Gasteiger partial charge in [-0.05, 0) is 42.8 Å². The summed E-state index contributed by atoms with van der Waals surface area (Å²) in [6.45, 7) is 1.40. The van der Waals surface area contributed by atoms with Crippen molar-refractivity contribution in [1.82, 2.24) is 9.71 Å². The Kier molecular flexibility index (Phi) is 5.70. The minimum atomic E-state index is -3.61. The van der Waals surface area contributed by atoms with Gasteiger partial charge < -0.3 is 14.4 Å². The lowest BCUT2D eigenvalue weighted by atomic mass is 10.3. The summed E-state index contributed by atoms with van der Waals surface area (Å²) in [5, 5.41) is 2.84. The number of methoxy groups -OCH3 is 1. The third kappa shape index (κ3) is 4.52. The number of rotatable bonds is 7. The number of ether oxygens (including phenoxy) is 2. The van der Waals surface area contributed by atoms with Crippen molar-refractivity contribution in [2.24, 2.45) is 0 Å². The van der Waals surface area contributed by atoms with Gasteiger partial charge in [0, 0.05) is 30.7 Å². The Morgan fingerprint density at radius 1 is 1.14 bits per heavy atom. The van der Waals surface area contributed by atoms with Gasteiger partial charge in [0.1, 0.15) is 5.75 Å². The predicted octanol–water partition coefficient (Wildman–Crippen LogP) is 3.50. The maximum atomic E-state index is 12.7. The molecular weight excluding hydrogens is 410 g/mol. The number of nitrogens with one attached hydrogen (secondary N) is 1. The van der Waals surface area contributed by atoms with Gasteiger partial charge in [0.05, 0.1) is 12.0 Å². The van der Waals surface area contributed by atoms with E-state index in [2.05, 4.69) is 14.6 Å². The number of nitrogens with zero attached hydrogens (tertiary/aromatic N) is 2. The molecule has 0 aliphatic carbocycles. The van der Waals surface area contributed by atoms with Crippen molar-refractivity contribution in [3.8, 4) is 17.2 Å². The van der Waals surface area contributed by atoms with Crippen molar-refractivity contribution in [1.29, 1.82) is 0 Å². The third-order valence-electron chi connectivity index (χ3n) is 4.63. The SMILES string of the molecule is COc1ccccc1Oc1ccc(S(=O)(=O)NC2CCN(c3nccs3)C2)cc1. The van der Waals surface area contributed by atoms with Gasteiger partial charge in [-0.1, -0.05) is 12.1 Å². The highest BCUT2D eigenvalue weighted by atomic mass is 32.2. The Balaban J connectivity index is 1.41. The quantitative estimate of drug-likeness (QED) is 0.617. The second-order valence-corrected chi connectivity index (χ2v) is 9.18. The van der Waals surface area contributed by atoms with Crippen LogP contribution in [0.2, 0.25) is 0 Å². The molecule has 0 amide bonds. The van der Waals surface area contributed by atoms with Gasteiger partial charge in [0.2, 0.25) is 10.0 Å². The van der Waals surface area contributed by atoms with Gasteiger partial charge in [0.25, 0.3) is 0 Å². The minimum absolute atomic E-state index is 0.145. The van der Waals surface area contributed by atoms with Crippen molar-refractivity contribution in [2.75, 3.05) is 25.1 Å². The fraction of sp³-hybridized carbons (Fsp3) is 0.250. The molecule has 1 aliphatic heterocycles. The number of para-hydroxylation sites is 2. The Labute approximate surface area is 174 Å². The second-order valence-electron chi connectivity index (χ2n) is 6.59. The Morgan fingerprint density at radius 3 is 2.59 bits per heavy atom. The van der Waals surface area contributed by atoms with E-state index in [9.17, 15) is 8.42 Å². The van der Waals surface area contributed by atoms with Crippen LogP contribution in [-0.4, -0.2) is 39.6 Å². The number of thiazole rings is 1. The standard InChI is InChI=1S/C20H21N3O4S2/c1-26-18-4-2-3-5-19(18)27-16-6-8-17(9-7-16)29(24,25)22-15-10-12-23(14-15)20-21-11-13-28-20/h2-9,11,13,15,22H,10,12,14H2,1H3. The summed E-state index contributed by atoms with van der Waals surface area (Å²) in [5.74, 6) is 1.71. The summed E-state index contributed by atoms with van der Waals surface area (Å²) in [6, 6.07) is 13.5. The summed E-state index contributed by atoms with van der Waals surface area (Å²) in [5.41, 5.74) is 0. The van der Waals surface area contributed by atoms with E-state index in [0.29, 0.717) is 23.8 Å². The fourth-order valence-corrected chi connectivity index (χ4v) is 5.15. The van der Waals surface area contributed by atoms with Crippen molar-refractivity contribution >= 4 is 26.5 Å². The van der Waals surface area contributed by atoms with Crippen LogP contribution >= 0.6 is 11.3 Å². The van der Waals surface area contributed by atoms with Gasteiger partial charge in [-0.25, -0.2) is 18.1 Å². The van der Waals surface area contributed by atoms with Gasteiger partial charge in [-0.3, -0.25) is 0 Å². The number of aromatic nitrogens is 1. The molecule has 1 fully saturated rings. The largest absolute Gasteiger partial charge is 0.493 e. The first-order valence-electron chi connectivity index (χ1n) is 9.13. The van der Waals surface area contributed by atoms with Crippen LogP contribution in [-0.2, 0) is 10.0 Å². The smallest absolute Gasteiger partial charge is 0.240 e. The molecule has 2 aromatic carbocycles. The molecule has 1 saturated heterocycles. The van der Waals surface area contributed by atoms with Crippen LogP contribution in [0.5, 0.6) is 17.2 Å². The van der Waals surface area contributed by atoms with Crippen LogP contribution in [0.3, 0.4) is 0 Å². The molecule has 0 saturated carbocycles. The van der Waals surface area contributed by atoms with E-state index >= 15 is 0 Å². The topological polar surface area (TPSA) is 80.8 Å². The predicted molar refractivity (Wildman–Crippen MR) is 113 cm³/mol. The maximum absolute atomic E-state index is 12.7. The van der Waals surface area contributed by atoms with Crippen LogP contribution in [0.25, 0.3) is 0 Å². The van der Waals surface area contributed by atoms with E-state index in [1.165, 1.54) is 0 Å². The monoisotopic (exact) mass is 431 g/mol. The van der Waals surface area contributed by atoms with E-state index < -0.39 is 10.0 Å². The molecule has 1 N–H and O–H groups in total. The average molecular weight is 432 g/mol. The summed E-state index contributed by atoms with van der Waals surface area (Å²) < 4.78 is 39.4. The molecule has 4 rings (SSSR count). The number of benzene rings is 2. The number of hydrogen-bond acceptors (Lipinski definition) is 7. The van der Waals surface area contributed by atoms with Crippen molar-refractivity contribution in [3.05, 3.63) is 60.1 Å². The molecule has 0 radical (unpaired) electrons. The average Bonchev–Trinajstić information content (AvgIpc) is 3.40. The normalized spacial score (nSPS) is 16.7. The number of anilines is 1. The zero-order chi connectivity index (χ0) is 20.3. The summed E-state index contributed by atoms with van der Waals surface area (Å²) in [7, 11) is -2.04. The van der Waals surface area contributed by atoms with E-state index in [1.54, 1.807) is 61.0 Å². The Morgan fingerprint density at radius 2 is 1.90 bits per heavy atom. The van der Waals surface area contributed by atoms with Crippen LogP contribution < -0.4 is 19.1 Å². The highest BCUT2D eigenvalue weighted by molar-refractivity contribution is 7.89. The van der Waals surface area contributed by atoms with Gasteiger partial charge >= 0.3 is 0 Å². The lowest BCUT2D eigenvalue weighted by molar-refractivity contribution is 0.379. The Bertz CT molecular complexity index is 1050. The summed E-state index contributed by atoms with van der Waals surface area (Å²) in [6.07, 6.45) is 2.50. The van der Waals surface area contributed by atoms with E-state index in [4.69, 9.17) is 9.47 Å². The Hall–Kier alpha value is -2.62. The molecule has 29 heavy (non-hydrogen) atoms. The van der Waals surface area contributed by atoms with Crippen LogP contribution in [0.1, 0.15) is 6.42 Å². The molecule has 152 valence electrons. The molecular formula is C20H21N3O4S2.